The van der Waals surface area contributed by atoms with Crippen molar-refractivity contribution in [3.8, 4) is 11.5 Å². The number of nitrogens with two attached hydrogens (primary N) is 1. The zero-order valence-electron chi connectivity index (χ0n) is 11.3. The summed E-state index contributed by atoms with van der Waals surface area (Å²) in [6.45, 7) is 0.841. The fourth-order valence-corrected chi connectivity index (χ4v) is 3.57. The number of ether oxygens (including phenoxy) is 2. The van der Waals surface area contributed by atoms with Gasteiger partial charge in [-0.15, -0.1) is 0 Å². The summed E-state index contributed by atoms with van der Waals surface area (Å²) in [6, 6.07) is 3.83. The number of benzene rings is 1. The average Bonchev–Trinajstić information content (AvgIpc) is 3.28. The molecule has 1 aliphatic heterocycles. The van der Waals surface area contributed by atoms with Gasteiger partial charge in [0.15, 0.2) is 11.5 Å². The van der Waals surface area contributed by atoms with Crippen molar-refractivity contribution in [2.45, 2.75) is 23.8 Å². The Hall–Kier alpha value is -1.80. The van der Waals surface area contributed by atoms with Crippen molar-refractivity contribution in [2.75, 3.05) is 13.2 Å². The van der Waals surface area contributed by atoms with E-state index in [-0.39, 0.29) is 16.6 Å². The summed E-state index contributed by atoms with van der Waals surface area (Å²) in [5, 5.41) is 7.52. The van der Waals surface area contributed by atoms with Crippen LogP contribution in [0.15, 0.2) is 23.1 Å². The predicted octanol–water partition coefficient (Wildman–Crippen LogP) is 0.451. The Morgan fingerprint density at radius 2 is 1.95 bits per heavy atom. The summed E-state index contributed by atoms with van der Waals surface area (Å²) >= 11 is 0. The van der Waals surface area contributed by atoms with Crippen LogP contribution in [0.1, 0.15) is 12.8 Å². The second-order valence-corrected chi connectivity index (χ2v) is 6.91. The molecule has 1 heterocycles. The second-order valence-electron chi connectivity index (χ2n) is 5.20. The lowest BCUT2D eigenvalue weighted by molar-refractivity contribution is 0.171. The molecule has 0 spiro atoms. The lowest BCUT2D eigenvalue weighted by atomic mass is 10.2. The van der Waals surface area contributed by atoms with E-state index in [0.29, 0.717) is 24.7 Å². The van der Waals surface area contributed by atoms with Crippen LogP contribution >= 0.6 is 0 Å². The van der Waals surface area contributed by atoms with E-state index in [2.05, 4.69) is 4.72 Å². The standard InChI is InChI=1S/C13H17N3O4S/c14-13(15)12(8-1-2-8)16-21(17,18)9-3-4-10-11(7-9)20-6-5-19-10/h3-4,7-8,12,16H,1-2,5-6H2,(H3,14,15). The number of rotatable bonds is 5. The first-order chi connectivity index (χ1) is 9.97. The van der Waals surface area contributed by atoms with Crippen LogP contribution in [-0.4, -0.2) is 33.5 Å². The fraction of sp³-hybridized carbons (Fsp3) is 0.462. The van der Waals surface area contributed by atoms with Gasteiger partial charge in [-0.2, -0.15) is 0 Å². The molecule has 0 bridgehead atoms. The quantitative estimate of drug-likeness (QED) is 0.539. The van der Waals surface area contributed by atoms with E-state index in [4.69, 9.17) is 20.6 Å². The summed E-state index contributed by atoms with van der Waals surface area (Å²) in [5.41, 5.74) is 5.49. The lowest BCUT2D eigenvalue weighted by Gasteiger charge is -2.20. The molecule has 0 saturated heterocycles. The van der Waals surface area contributed by atoms with Gasteiger partial charge in [0.1, 0.15) is 19.0 Å². The van der Waals surface area contributed by atoms with Gasteiger partial charge in [-0.25, -0.2) is 13.1 Å². The van der Waals surface area contributed by atoms with Crippen LogP contribution in [0.5, 0.6) is 11.5 Å². The molecule has 3 rings (SSSR count). The topological polar surface area (TPSA) is 114 Å². The SMILES string of the molecule is N=C(N)C(NS(=O)(=O)c1ccc2c(c1)OCCO2)C1CC1. The van der Waals surface area contributed by atoms with E-state index in [9.17, 15) is 8.42 Å². The minimum atomic E-state index is -3.75. The van der Waals surface area contributed by atoms with Gasteiger partial charge in [0.2, 0.25) is 10.0 Å². The van der Waals surface area contributed by atoms with E-state index in [1.54, 1.807) is 6.07 Å². The van der Waals surface area contributed by atoms with Crippen molar-refractivity contribution in [1.29, 1.82) is 5.41 Å². The third kappa shape index (κ3) is 2.96. The summed E-state index contributed by atoms with van der Waals surface area (Å²) in [7, 11) is -3.75. The van der Waals surface area contributed by atoms with Crippen LogP contribution in [0.3, 0.4) is 0 Å². The summed E-state index contributed by atoms with van der Waals surface area (Å²) < 4.78 is 38.1. The zero-order valence-corrected chi connectivity index (χ0v) is 12.2. The fourth-order valence-electron chi connectivity index (χ4n) is 2.27. The van der Waals surface area contributed by atoms with Crippen LogP contribution in [0, 0.1) is 11.3 Å². The normalized spacial score (nSPS) is 19.0. The highest BCUT2D eigenvalue weighted by Gasteiger charge is 2.36. The van der Waals surface area contributed by atoms with Gasteiger partial charge in [0.05, 0.1) is 10.9 Å². The molecule has 7 nitrogen and oxygen atoms in total. The van der Waals surface area contributed by atoms with Crippen LogP contribution in [0.4, 0.5) is 0 Å². The molecule has 114 valence electrons. The van der Waals surface area contributed by atoms with E-state index in [1.165, 1.54) is 12.1 Å². The number of amidine groups is 1. The van der Waals surface area contributed by atoms with Crippen molar-refractivity contribution in [1.82, 2.24) is 4.72 Å². The molecule has 0 amide bonds. The molecule has 1 saturated carbocycles. The van der Waals surface area contributed by atoms with Gasteiger partial charge in [-0.3, -0.25) is 5.41 Å². The molecule has 1 aromatic rings. The molecular formula is C13H17N3O4S. The van der Waals surface area contributed by atoms with Gasteiger partial charge in [-0.1, -0.05) is 0 Å². The number of sulfonamides is 1. The Labute approximate surface area is 123 Å². The molecule has 2 aliphatic rings. The first-order valence-corrected chi connectivity index (χ1v) is 8.21. The molecule has 1 fully saturated rings. The molecular weight excluding hydrogens is 294 g/mol. The van der Waals surface area contributed by atoms with Crippen LogP contribution in [0.25, 0.3) is 0 Å². The number of nitrogens with one attached hydrogen (secondary N) is 2. The monoisotopic (exact) mass is 311 g/mol. The van der Waals surface area contributed by atoms with Gasteiger partial charge in [-0.05, 0) is 30.9 Å². The Morgan fingerprint density at radius 3 is 2.57 bits per heavy atom. The van der Waals surface area contributed by atoms with E-state index >= 15 is 0 Å². The van der Waals surface area contributed by atoms with Crippen molar-refractivity contribution in [3.63, 3.8) is 0 Å². The smallest absolute Gasteiger partial charge is 0.241 e. The van der Waals surface area contributed by atoms with Gasteiger partial charge in [0.25, 0.3) is 0 Å². The number of fused-ring (bicyclic) bond motifs is 1. The number of hydrogen-bond donors (Lipinski definition) is 3. The van der Waals surface area contributed by atoms with Crippen molar-refractivity contribution < 1.29 is 17.9 Å². The highest BCUT2D eigenvalue weighted by atomic mass is 32.2. The predicted molar refractivity (Wildman–Crippen MR) is 76.2 cm³/mol. The Bertz CT molecular complexity index is 670. The molecule has 0 radical (unpaired) electrons. The molecule has 8 heteroatoms. The summed E-state index contributed by atoms with van der Waals surface area (Å²) in [4.78, 5) is 0.0821. The Morgan fingerprint density at radius 1 is 1.29 bits per heavy atom. The molecule has 0 aromatic heterocycles. The first kappa shape index (κ1) is 14.2. The van der Waals surface area contributed by atoms with Gasteiger partial charge < -0.3 is 15.2 Å². The average molecular weight is 311 g/mol. The summed E-state index contributed by atoms with van der Waals surface area (Å²) in [5.74, 6) is 0.911. The molecule has 21 heavy (non-hydrogen) atoms. The first-order valence-electron chi connectivity index (χ1n) is 6.73. The second kappa shape index (κ2) is 5.19. The molecule has 1 atom stereocenters. The minimum absolute atomic E-state index is 0.0821. The van der Waals surface area contributed by atoms with Crippen LogP contribution in [-0.2, 0) is 10.0 Å². The van der Waals surface area contributed by atoms with Gasteiger partial charge in [0, 0.05) is 6.07 Å². The molecule has 1 unspecified atom stereocenters. The Balaban J connectivity index is 1.85. The third-order valence-corrected chi connectivity index (χ3v) is 4.97. The lowest BCUT2D eigenvalue weighted by Crippen LogP contribution is -2.45. The van der Waals surface area contributed by atoms with E-state index in [0.717, 1.165) is 12.8 Å². The minimum Gasteiger partial charge on any atom is -0.486 e. The largest absolute Gasteiger partial charge is 0.486 e. The maximum Gasteiger partial charge on any atom is 0.241 e. The Kier molecular flexibility index (Phi) is 3.50. The maximum absolute atomic E-state index is 12.4. The van der Waals surface area contributed by atoms with Crippen LogP contribution < -0.4 is 19.9 Å². The molecule has 1 aromatic carbocycles. The van der Waals surface area contributed by atoms with Crippen molar-refractivity contribution >= 4 is 15.9 Å². The molecule has 1 aliphatic carbocycles. The highest BCUT2D eigenvalue weighted by Crippen LogP contribution is 2.35. The van der Waals surface area contributed by atoms with Crippen LogP contribution in [0.2, 0.25) is 0 Å². The number of hydrogen-bond acceptors (Lipinski definition) is 5. The third-order valence-electron chi connectivity index (χ3n) is 3.53. The maximum atomic E-state index is 12.4. The van der Waals surface area contributed by atoms with E-state index < -0.39 is 16.1 Å². The molecule has 4 N–H and O–H groups in total. The van der Waals surface area contributed by atoms with E-state index in [1.807, 2.05) is 0 Å². The van der Waals surface area contributed by atoms with Crippen molar-refractivity contribution in [2.24, 2.45) is 11.7 Å². The highest BCUT2D eigenvalue weighted by molar-refractivity contribution is 7.89. The van der Waals surface area contributed by atoms with Crippen molar-refractivity contribution in [3.05, 3.63) is 18.2 Å². The van der Waals surface area contributed by atoms with Gasteiger partial charge >= 0.3 is 0 Å². The zero-order chi connectivity index (χ0) is 15.0. The summed E-state index contributed by atoms with van der Waals surface area (Å²) in [6.07, 6.45) is 1.77.